The monoisotopic (exact) mass is 782 g/mol. The molecule has 1 aromatic heterocycles. The van der Waals surface area contributed by atoms with Crippen LogP contribution < -0.4 is 25.2 Å². The zero-order chi connectivity index (χ0) is 38.9. The Hall–Kier alpha value is -5.08. The highest BCUT2D eigenvalue weighted by molar-refractivity contribution is 6.31. The molecule has 4 fully saturated rings. The second kappa shape index (κ2) is 16.2. The van der Waals surface area contributed by atoms with Crippen LogP contribution in [0, 0.1) is 12.8 Å². The number of carbonyl (C=O) groups is 5. The molecular formula is C41H47ClN8O6. The Labute approximate surface area is 330 Å². The number of nitrogens with one attached hydrogen (secondary N) is 2. The minimum Gasteiger partial charge on any atom is -0.490 e. The molecule has 0 spiro atoms. The fraction of sp³-hybridized carbons (Fsp3) is 0.488. The Morgan fingerprint density at radius 1 is 0.839 bits per heavy atom. The molecule has 8 rings (SSSR count). The van der Waals surface area contributed by atoms with Gasteiger partial charge in [-0.2, -0.15) is 0 Å². The summed E-state index contributed by atoms with van der Waals surface area (Å²) in [6, 6.07) is 10.2. The number of piperazine rings is 1. The lowest BCUT2D eigenvalue weighted by Crippen LogP contribution is -2.54. The van der Waals surface area contributed by atoms with Gasteiger partial charge in [-0.25, -0.2) is 9.97 Å². The number of imide groups is 2. The summed E-state index contributed by atoms with van der Waals surface area (Å²) in [5, 5.41) is 6.10. The molecule has 3 saturated heterocycles. The number of ether oxygens (including phenoxy) is 1. The van der Waals surface area contributed by atoms with E-state index < -0.39 is 29.7 Å². The second-order valence-corrected chi connectivity index (χ2v) is 16.1. The molecular weight excluding hydrogens is 736 g/mol. The number of benzene rings is 2. The molecule has 1 saturated carbocycles. The number of hydrogen-bond acceptors (Lipinski definition) is 11. The molecule has 5 aliphatic rings. The van der Waals surface area contributed by atoms with Crippen LogP contribution in [0.5, 0.6) is 5.75 Å². The molecule has 1 aliphatic carbocycles. The van der Waals surface area contributed by atoms with Gasteiger partial charge < -0.3 is 19.9 Å². The van der Waals surface area contributed by atoms with E-state index in [2.05, 4.69) is 35.3 Å². The van der Waals surface area contributed by atoms with E-state index in [0.29, 0.717) is 33.6 Å². The Morgan fingerprint density at radius 3 is 2.25 bits per heavy atom. The lowest BCUT2D eigenvalue weighted by Gasteiger charge is -2.39. The summed E-state index contributed by atoms with van der Waals surface area (Å²) in [4.78, 5) is 80.5. The fourth-order valence-corrected chi connectivity index (χ4v) is 8.73. The van der Waals surface area contributed by atoms with Crippen molar-refractivity contribution in [2.45, 2.75) is 76.5 Å². The van der Waals surface area contributed by atoms with E-state index in [1.165, 1.54) is 0 Å². The molecule has 5 heterocycles. The van der Waals surface area contributed by atoms with Gasteiger partial charge in [-0.1, -0.05) is 17.7 Å². The second-order valence-electron chi connectivity index (χ2n) is 15.6. The standard InChI is InChI=1S/C41H47ClN8O6/c1-25-2-6-31(21-34(25)42)56-30-7-3-28(4-8-30)45-37(52)27-22-43-41(44-23-27)49-14-12-26(13-15-49)24-47-16-18-48(19-17-47)29-5-9-32-33(20-29)40(55)50(39(32)54)35-10-11-36(51)46-38(35)53/h2,5-6,9,20-23,26,28,30,35H,3-4,7-8,10-19,24H2,1H3,(H,45,52)(H,46,51,53). The van der Waals surface area contributed by atoms with Gasteiger partial charge in [-0.3, -0.25) is 39.1 Å². The molecule has 5 amide bonds. The average molecular weight is 783 g/mol. The summed E-state index contributed by atoms with van der Waals surface area (Å²) in [7, 11) is 0. The first kappa shape index (κ1) is 37.8. The van der Waals surface area contributed by atoms with Gasteiger partial charge >= 0.3 is 0 Å². The summed E-state index contributed by atoms with van der Waals surface area (Å²) < 4.78 is 6.14. The number of aryl methyl sites for hydroxylation is 1. The van der Waals surface area contributed by atoms with E-state index >= 15 is 0 Å². The van der Waals surface area contributed by atoms with Crippen molar-refractivity contribution in [1.82, 2.24) is 30.4 Å². The molecule has 0 radical (unpaired) electrons. The number of carbonyl (C=O) groups excluding carboxylic acids is 5. The molecule has 294 valence electrons. The smallest absolute Gasteiger partial charge is 0.262 e. The van der Waals surface area contributed by atoms with E-state index in [0.717, 1.165) is 106 Å². The third kappa shape index (κ3) is 8.08. The van der Waals surface area contributed by atoms with E-state index in [-0.39, 0.29) is 30.9 Å². The number of anilines is 2. The van der Waals surface area contributed by atoms with E-state index in [1.54, 1.807) is 24.5 Å². The molecule has 56 heavy (non-hydrogen) atoms. The van der Waals surface area contributed by atoms with Gasteiger partial charge in [0, 0.05) is 81.4 Å². The van der Waals surface area contributed by atoms with E-state index in [1.807, 2.05) is 31.2 Å². The fourth-order valence-electron chi connectivity index (χ4n) is 8.56. The predicted octanol–water partition coefficient (Wildman–Crippen LogP) is 4.00. The van der Waals surface area contributed by atoms with Gasteiger partial charge in [0.1, 0.15) is 11.8 Å². The van der Waals surface area contributed by atoms with Crippen molar-refractivity contribution >= 4 is 52.8 Å². The highest BCUT2D eigenvalue weighted by Crippen LogP contribution is 2.32. The SMILES string of the molecule is Cc1ccc(OC2CCC(NC(=O)c3cnc(N4CCC(CN5CCN(c6ccc7c(c6)C(=O)N(C6CCC(=O)NC6=O)C7=O)CC5)CC4)nc3)CC2)cc1Cl. The number of fused-ring (bicyclic) bond motifs is 1. The Balaban J connectivity index is 0.755. The van der Waals surface area contributed by atoms with Gasteiger partial charge in [0.05, 0.1) is 22.8 Å². The number of rotatable bonds is 9. The first-order chi connectivity index (χ1) is 27.1. The molecule has 1 unspecified atom stereocenters. The zero-order valence-electron chi connectivity index (χ0n) is 31.5. The summed E-state index contributed by atoms with van der Waals surface area (Å²) in [5.74, 6) is -0.142. The van der Waals surface area contributed by atoms with Crippen molar-refractivity contribution < 1.29 is 28.7 Å². The number of halogens is 1. The number of amides is 5. The Bertz CT molecular complexity index is 2000. The number of aromatic nitrogens is 2. The van der Waals surface area contributed by atoms with Gasteiger partial charge in [-0.05, 0) is 93.7 Å². The first-order valence-electron chi connectivity index (χ1n) is 19.7. The summed E-state index contributed by atoms with van der Waals surface area (Å²) in [6.45, 7) is 8.05. The third-order valence-corrected chi connectivity index (χ3v) is 12.3. The van der Waals surface area contributed by atoms with Gasteiger partial charge in [-0.15, -0.1) is 0 Å². The van der Waals surface area contributed by atoms with Crippen molar-refractivity contribution in [2.24, 2.45) is 5.92 Å². The van der Waals surface area contributed by atoms with Crippen LogP contribution in [0.2, 0.25) is 5.02 Å². The van der Waals surface area contributed by atoms with Crippen molar-refractivity contribution in [3.8, 4) is 5.75 Å². The maximum absolute atomic E-state index is 13.3. The minimum atomic E-state index is -0.973. The van der Waals surface area contributed by atoms with Crippen LogP contribution in [0.4, 0.5) is 11.6 Å². The largest absolute Gasteiger partial charge is 0.490 e. The summed E-state index contributed by atoms with van der Waals surface area (Å²) in [6.07, 6.45) is 9.04. The van der Waals surface area contributed by atoms with Crippen LogP contribution >= 0.6 is 11.6 Å². The van der Waals surface area contributed by atoms with Crippen LogP contribution in [-0.4, -0.2) is 113 Å². The normalized spacial score (nSPS) is 23.6. The first-order valence-corrected chi connectivity index (χ1v) is 20.1. The Kier molecular flexibility index (Phi) is 10.9. The molecule has 14 nitrogen and oxygen atoms in total. The van der Waals surface area contributed by atoms with Crippen molar-refractivity contribution in [3.63, 3.8) is 0 Å². The average Bonchev–Trinajstić information content (AvgIpc) is 3.45. The molecule has 2 N–H and O–H groups in total. The van der Waals surface area contributed by atoms with Gasteiger partial charge in [0.25, 0.3) is 17.7 Å². The lowest BCUT2D eigenvalue weighted by atomic mass is 9.92. The van der Waals surface area contributed by atoms with E-state index in [4.69, 9.17) is 16.3 Å². The quantitative estimate of drug-likeness (QED) is 0.303. The molecule has 3 aromatic rings. The van der Waals surface area contributed by atoms with Crippen LogP contribution in [0.3, 0.4) is 0 Å². The minimum absolute atomic E-state index is 0.0854. The van der Waals surface area contributed by atoms with Crippen molar-refractivity contribution in [2.75, 3.05) is 55.6 Å². The maximum Gasteiger partial charge on any atom is 0.262 e. The summed E-state index contributed by atoms with van der Waals surface area (Å²) >= 11 is 6.25. The number of hydrogen-bond donors (Lipinski definition) is 2. The lowest BCUT2D eigenvalue weighted by molar-refractivity contribution is -0.136. The number of piperidine rings is 2. The van der Waals surface area contributed by atoms with Crippen LogP contribution in [-0.2, 0) is 9.59 Å². The molecule has 2 aromatic carbocycles. The maximum atomic E-state index is 13.3. The zero-order valence-corrected chi connectivity index (χ0v) is 32.3. The third-order valence-electron chi connectivity index (χ3n) is 11.9. The van der Waals surface area contributed by atoms with E-state index in [9.17, 15) is 24.0 Å². The van der Waals surface area contributed by atoms with Crippen molar-refractivity contribution in [3.05, 3.63) is 76.1 Å². The Morgan fingerprint density at radius 2 is 1.55 bits per heavy atom. The highest BCUT2D eigenvalue weighted by atomic mass is 35.5. The summed E-state index contributed by atoms with van der Waals surface area (Å²) in [5.41, 5.74) is 2.96. The van der Waals surface area contributed by atoms with Gasteiger partial charge in [0.2, 0.25) is 17.8 Å². The molecule has 1 atom stereocenters. The highest BCUT2D eigenvalue weighted by Gasteiger charge is 2.45. The predicted molar refractivity (Wildman–Crippen MR) is 209 cm³/mol. The molecule has 4 aliphatic heterocycles. The topological polar surface area (TPSA) is 157 Å². The van der Waals surface area contributed by atoms with Crippen LogP contribution in [0.1, 0.15) is 88.0 Å². The van der Waals surface area contributed by atoms with Crippen LogP contribution in [0.15, 0.2) is 48.8 Å². The van der Waals surface area contributed by atoms with Crippen molar-refractivity contribution in [1.29, 1.82) is 0 Å². The van der Waals surface area contributed by atoms with Crippen LogP contribution in [0.25, 0.3) is 0 Å². The van der Waals surface area contributed by atoms with Gasteiger partial charge in [0.15, 0.2) is 0 Å². The molecule has 15 heteroatoms. The number of nitrogens with zero attached hydrogens (tertiary/aromatic N) is 6. The molecule has 0 bridgehead atoms.